The van der Waals surface area contributed by atoms with E-state index in [1.165, 1.54) is 71.7 Å². The summed E-state index contributed by atoms with van der Waals surface area (Å²) in [7, 11) is -0.0465. The van der Waals surface area contributed by atoms with Gasteiger partial charge in [-0.1, -0.05) is 19.3 Å². The third-order valence-corrected chi connectivity index (χ3v) is 18.1. The quantitative estimate of drug-likeness (QED) is 0.214. The van der Waals surface area contributed by atoms with E-state index in [9.17, 15) is 0 Å². The van der Waals surface area contributed by atoms with Crippen molar-refractivity contribution >= 4 is 28.3 Å². The summed E-state index contributed by atoms with van der Waals surface area (Å²) in [5, 5.41) is 0. The molecular formula is C44H68N2PRu+. The molecule has 6 rings (SSSR count). The number of hydrogen-bond donors (Lipinski definition) is 0. The van der Waals surface area contributed by atoms with Gasteiger partial charge in [-0.05, 0) is 77.0 Å². The molecule has 1 aliphatic heterocycles. The van der Waals surface area contributed by atoms with Crippen LogP contribution in [0.25, 0.3) is 0 Å². The predicted molar refractivity (Wildman–Crippen MR) is 215 cm³/mol. The predicted octanol–water partition coefficient (Wildman–Crippen LogP) is 12.0. The van der Waals surface area contributed by atoms with Crippen LogP contribution in [0.1, 0.15) is 144 Å². The molecule has 0 bridgehead atoms. The molecule has 266 valence electrons. The van der Waals surface area contributed by atoms with Gasteiger partial charge in [-0.3, -0.25) is 0 Å². The molecule has 2 aromatic rings. The average molecular weight is 757 g/mol. The molecule has 1 heterocycles. The van der Waals surface area contributed by atoms with E-state index in [1.807, 2.05) is 0 Å². The standard InChI is InChI=1S/C21H26N2.C18H33P.C5H8.Ru/c1-14-9-16(3)20(17(4)10-14)22-7-8-23(13-22)21-18(5)11-15(2)12-19(21)6;1-4-10-16(11-5-1)19(17-12-6-2-7-13-17)18-14-8-3-9-15-18;1-4-5(2)3;/h9-12H,7-8H2,1-6H3;16-18H,1-15H2;1,4H,2-3H3;/p+1. The monoisotopic (exact) mass is 757 g/mol. The van der Waals surface area contributed by atoms with E-state index in [2.05, 4.69) is 100 Å². The summed E-state index contributed by atoms with van der Waals surface area (Å²) in [6.07, 6.45) is 26.1. The van der Waals surface area contributed by atoms with E-state index in [4.69, 9.17) is 0 Å². The van der Waals surface area contributed by atoms with Gasteiger partial charge < -0.3 is 0 Å². The van der Waals surface area contributed by atoms with E-state index >= 15 is 0 Å². The third kappa shape index (κ3) is 9.67. The Morgan fingerprint density at radius 1 is 0.562 bits per heavy atom. The Morgan fingerprint density at radius 3 is 1.21 bits per heavy atom. The van der Waals surface area contributed by atoms with E-state index in [0.29, 0.717) is 0 Å². The molecule has 0 aromatic heterocycles. The van der Waals surface area contributed by atoms with Crippen LogP contribution in [0.5, 0.6) is 0 Å². The Balaban J connectivity index is 0.000000204. The molecule has 4 fully saturated rings. The molecule has 0 atom stereocenters. The summed E-state index contributed by atoms with van der Waals surface area (Å²) in [5.41, 5.74) is 16.0. The normalized spacial score (nSPS) is 19.8. The van der Waals surface area contributed by atoms with Gasteiger partial charge in [0.15, 0.2) is 0 Å². The molecule has 2 nitrogen and oxygen atoms in total. The summed E-state index contributed by atoms with van der Waals surface area (Å²) in [6, 6.07) is 9.28. The molecule has 3 saturated carbocycles. The Kier molecular flexibility index (Phi) is 14.3. The molecule has 4 aliphatic rings. The molecule has 0 unspecified atom stereocenters. The van der Waals surface area contributed by atoms with Gasteiger partial charge in [-0.25, -0.2) is 0 Å². The number of rotatable bonds is 6. The number of aryl methyl sites for hydroxylation is 6. The molecular weight excluding hydrogens is 689 g/mol. The van der Waals surface area contributed by atoms with E-state index in [0.717, 1.165) is 13.1 Å². The van der Waals surface area contributed by atoms with E-state index in [-0.39, 0.29) is 24.1 Å². The van der Waals surface area contributed by atoms with Crippen LogP contribution in [0.2, 0.25) is 0 Å². The number of allylic oxidation sites excluding steroid dienone is 2. The fourth-order valence-corrected chi connectivity index (χ4v) is 17.3. The van der Waals surface area contributed by atoms with Gasteiger partial charge in [0.05, 0.1) is 17.0 Å². The average Bonchev–Trinajstić information content (AvgIpc) is 3.44. The Bertz CT molecular complexity index is 1300. The van der Waals surface area contributed by atoms with Gasteiger partial charge in [-0.2, -0.15) is 0 Å². The van der Waals surface area contributed by atoms with Gasteiger partial charge in [0.1, 0.15) is 0 Å². The van der Waals surface area contributed by atoms with Crippen LogP contribution in [0.3, 0.4) is 0 Å². The van der Waals surface area contributed by atoms with Crippen molar-refractivity contribution in [2.75, 3.05) is 22.9 Å². The summed E-state index contributed by atoms with van der Waals surface area (Å²) in [4.78, 5) is 5.19. The topological polar surface area (TPSA) is 6.48 Å². The second-order valence-electron chi connectivity index (χ2n) is 16.0. The van der Waals surface area contributed by atoms with Crippen LogP contribution in [-0.4, -0.2) is 39.0 Å². The van der Waals surface area contributed by atoms with E-state index in [1.54, 1.807) is 96.3 Å². The molecule has 2 aromatic carbocycles. The SMILES string of the molecule is C1CCC([PH+](C2CCCCC2)C2CCCCC2)CC1.CC(C)=C[CH]=[Ru]=[C]1N(c2c(C)cc(C)cc2C)CCN1c1c(C)cc(C)cc1C. The van der Waals surface area contributed by atoms with Crippen molar-refractivity contribution in [3.05, 3.63) is 69.3 Å². The zero-order chi connectivity index (χ0) is 34.2. The van der Waals surface area contributed by atoms with Crippen LogP contribution in [0.4, 0.5) is 11.4 Å². The van der Waals surface area contributed by atoms with Gasteiger partial charge >= 0.3 is 184 Å². The molecule has 1 saturated heterocycles. The molecule has 3 aliphatic carbocycles. The van der Waals surface area contributed by atoms with Crippen molar-refractivity contribution in [1.82, 2.24) is 0 Å². The van der Waals surface area contributed by atoms with Crippen molar-refractivity contribution in [1.29, 1.82) is 0 Å². The summed E-state index contributed by atoms with van der Waals surface area (Å²) >= 11 is -0.0296. The first-order chi connectivity index (χ1) is 23.1. The Hall–Kier alpha value is -1.43. The minimum absolute atomic E-state index is 0.0296. The maximum absolute atomic E-state index is 2.59. The second kappa shape index (κ2) is 18.2. The van der Waals surface area contributed by atoms with Crippen molar-refractivity contribution < 1.29 is 16.2 Å². The third-order valence-electron chi connectivity index (χ3n) is 11.6. The summed E-state index contributed by atoms with van der Waals surface area (Å²) < 4.78 is 3.88. The fourth-order valence-electron chi connectivity index (χ4n) is 9.74. The number of benzene rings is 2. The Labute approximate surface area is 303 Å². The summed E-state index contributed by atoms with van der Waals surface area (Å²) in [6.45, 7) is 19.9. The zero-order valence-electron chi connectivity index (χ0n) is 32.0. The van der Waals surface area contributed by atoms with Gasteiger partial charge in [0, 0.05) is 7.92 Å². The number of nitrogens with zero attached hydrogens (tertiary/aromatic N) is 2. The van der Waals surface area contributed by atoms with Crippen LogP contribution in [-0.2, 0) is 16.2 Å². The van der Waals surface area contributed by atoms with Crippen molar-refractivity contribution in [2.45, 2.75) is 169 Å². The van der Waals surface area contributed by atoms with Crippen molar-refractivity contribution in [3.8, 4) is 0 Å². The Morgan fingerprint density at radius 2 is 0.896 bits per heavy atom. The number of anilines is 2. The summed E-state index contributed by atoms with van der Waals surface area (Å²) in [5.74, 6) is 0. The van der Waals surface area contributed by atoms with Gasteiger partial charge in [-0.15, -0.1) is 0 Å². The zero-order valence-corrected chi connectivity index (χ0v) is 34.7. The molecule has 0 radical (unpaired) electrons. The first-order valence-electron chi connectivity index (χ1n) is 19.7. The maximum atomic E-state index is 2.59. The number of hydrogen-bond acceptors (Lipinski definition) is 2. The molecule has 48 heavy (non-hydrogen) atoms. The van der Waals surface area contributed by atoms with E-state index < -0.39 is 0 Å². The fraction of sp³-hybridized carbons (Fsp3) is 0.636. The van der Waals surface area contributed by atoms with Crippen LogP contribution >= 0.6 is 7.92 Å². The minimum atomic E-state index is -0.0465. The molecule has 0 amide bonds. The first kappa shape index (κ1) is 37.8. The first-order valence-corrected chi connectivity index (χ1v) is 23.3. The molecule has 0 spiro atoms. The van der Waals surface area contributed by atoms with Gasteiger partial charge in [0.25, 0.3) is 0 Å². The molecule has 0 N–H and O–H groups in total. The molecule has 4 heteroatoms. The van der Waals surface area contributed by atoms with Crippen molar-refractivity contribution in [3.63, 3.8) is 0 Å². The van der Waals surface area contributed by atoms with Crippen LogP contribution in [0.15, 0.2) is 35.9 Å². The van der Waals surface area contributed by atoms with Gasteiger partial charge in [0.2, 0.25) is 0 Å². The van der Waals surface area contributed by atoms with Crippen LogP contribution in [0, 0.1) is 41.5 Å². The second-order valence-corrected chi connectivity index (χ2v) is 21.3. The van der Waals surface area contributed by atoms with Crippen molar-refractivity contribution in [2.24, 2.45) is 0 Å². The van der Waals surface area contributed by atoms with Crippen LogP contribution < -0.4 is 9.80 Å².